The first kappa shape index (κ1) is 12.6. The van der Waals surface area contributed by atoms with Crippen molar-refractivity contribution < 1.29 is 4.79 Å². The molecule has 0 atom stereocenters. The monoisotopic (exact) mass is 284 g/mol. The van der Waals surface area contributed by atoms with Crippen LogP contribution in [0.25, 0.3) is 0 Å². The van der Waals surface area contributed by atoms with Gasteiger partial charge in [0.15, 0.2) is 0 Å². The Balaban J connectivity index is 2.08. The largest absolute Gasteiger partial charge is 0.388 e. The number of amides is 1. The van der Waals surface area contributed by atoms with Crippen LogP contribution in [-0.4, -0.2) is 22.4 Å². The second kappa shape index (κ2) is 4.90. The van der Waals surface area contributed by atoms with Crippen LogP contribution >= 0.6 is 12.2 Å². The van der Waals surface area contributed by atoms with Gasteiger partial charge in [0.1, 0.15) is 17.4 Å². The SMILES string of the molecule is NC(=S)c1cccc(N2CC(=O)Nc3ccccc32)n1. The third-order valence-electron chi connectivity index (χ3n) is 3.03. The Bertz CT molecular complexity index is 701. The van der Waals surface area contributed by atoms with Crippen LogP contribution in [0, 0.1) is 0 Å². The van der Waals surface area contributed by atoms with Gasteiger partial charge in [-0.1, -0.05) is 30.4 Å². The van der Waals surface area contributed by atoms with E-state index in [1.807, 2.05) is 41.3 Å². The van der Waals surface area contributed by atoms with Gasteiger partial charge in [-0.15, -0.1) is 0 Å². The van der Waals surface area contributed by atoms with Crippen molar-refractivity contribution >= 4 is 40.3 Å². The Morgan fingerprint density at radius 2 is 2.05 bits per heavy atom. The zero-order chi connectivity index (χ0) is 14.1. The van der Waals surface area contributed by atoms with Gasteiger partial charge in [-0.25, -0.2) is 4.98 Å². The number of carbonyl (C=O) groups is 1. The summed E-state index contributed by atoms with van der Waals surface area (Å²) in [5.41, 5.74) is 7.82. The summed E-state index contributed by atoms with van der Waals surface area (Å²) in [6.45, 7) is 0.213. The fourth-order valence-electron chi connectivity index (χ4n) is 2.15. The average Bonchev–Trinajstić information content (AvgIpc) is 2.46. The number of hydrogen-bond donors (Lipinski definition) is 2. The summed E-state index contributed by atoms with van der Waals surface area (Å²) in [4.78, 5) is 18.3. The van der Waals surface area contributed by atoms with Crippen molar-refractivity contribution in [3.8, 4) is 0 Å². The van der Waals surface area contributed by atoms with Crippen LogP contribution in [0.1, 0.15) is 5.69 Å². The molecule has 1 aromatic carbocycles. The van der Waals surface area contributed by atoms with Crippen LogP contribution < -0.4 is 16.0 Å². The molecule has 0 saturated heterocycles. The third-order valence-corrected chi connectivity index (χ3v) is 3.24. The molecule has 1 amide bonds. The molecule has 1 aromatic heterocycles. The predicted molar refractivity (Wildman–Crippen MR) is 82.2 cm³/mol. The summed E-state index contributed by atoms with van der Waals surface area (Å²) in [5, 5.41) is 2.84. The number of pyridine rings is 1. The molecule has 1 aliphatic rings. The number of fused-ring (bicyclic) bond motifs is 1. The number of nitrogens with two attached hydrogens (primary N) is 1. The molecule has 100 valence electrons. The van der Waals surface area contributed by atoms with E-state index in [0.717, 1.165) is 11.4 Å². The lowest BCUT2D eigenvalue weighted by molar-refractivity contribution is -0.115. The molecule has 5 nitrogen and oxygen atoms in total. The van der Waals surface area contributed by atoms with E-state index >= 15 is 0 Å². The second-order valence-corrected chi connectivity index (χ2v) is 4.84. The number of carbonyl (C=O) groups excluding carboxylic acids is 1. The number of benzene rings is 1. The van der Waals surface area contributed by atoms with E-state index in [9.17, 15) is 4.79 Å². The van der Waals surface area contributed by atoms with Crippen molar-refractivity contribution in [1.82, 2.24) is 4.98 Å². The summed E-state index contributed by atoms with van der Waals surface area (Å²) < 4.78 is 0. The number of hydrogen-bond acceptors (Lipinski definition) is 4. The Hall–Kier alpha value is -2.47. The van der Waals surface area contributed by atoms with Gasteiger partial charge < -0.3 is 16.0 Å². The molecule has 0 spiro atoms. The Morgan fingerprint density at radius 3 is 2.85 bits per heavy atom. The maximum absolute atomic E-state index is 11.8. The fourth-order valence-corrected chi connectivity index (χ4v) is 2.26. The molecule has 3 N–H and O–H groups in total. The van der Waals surface area contributed by atoms with Gasteiger partial charge in [0.05, 0.1) is 17.1 Å². The maximum atomic E-state index is 11.8. The van der Waals surface area contributed by atoms with E-state index in [1.54, 1.807) is 6.07 Å². The van der Waals surface area contributed by atoms with E-state index in [-0.39, 0.29) is 17.4 Å². The van der Waals surface area contributed by atoms with Gasteiger partial charge >= 0.3 is 0 Å². The van der Waals surface area contributed by atoms with Crippen molar-refractivity contribution in [2.75, 3.05) is 16.8 Å². The Morgan fingerprint density at radius 1 is 1.25 bits per heavy atom. The van der Waals surface area contributed by atoms with Gasteiger partial charge in [-0.3, -0.25) is 4.79 Å². The maximum Gasteiger partial charge on any atom is 0.244 e. The van der Waals surface area contributed by atoms with Crippen LogP contribution in [-0.2, 0) is 4.79 Å². The average molecular weight is 284 g/mol. The summed E-state index contributed by atoms with van der Waals surface area (Å²) >= 11 is 4.94. The van der Waals surface area contributed by atoms with E-state index < -0.39 is 0 Å². The molecule has 3 rings (SSSR count). The molecule has 20 heavy (non-hydrogen) atoms. The molecule has 6 heteroatoms. The first-order valence-electron chi connectivity index (χ1n) is 6.08. The molecular formula is C14H12N4OS. The van der Waals surface area contributed by atoms with E-state index in [0.29, 0.717) is 11.5 Å². The zero-order valence-electron chi connectivity index (χ0n) is 10.5. The molecule has 0 unspecified atom stereocenters. The highest BCUT2D eigenvalue weighted by Crippen LogP contribution is 2.33. The lowest BCUT2D eigenvalue weighted by Crippen LogP contribution is -2.35. The lowest BCUT2D eigenvalue weighted by Gasteiger charge is -2.30. The van der Waals surface area contributed by atoms with Gasteiger partial charge in [0.2, 0.25) is 5.91 Å². The van der Waals surface area contributed by atoms with Crippen LogP contribution in [0.2, 0.25) is 0 Å². The molecule has 0 aliphatic carbocycles. The van der Waals surface area contributed by atoms with E-state index in [1.165, 1.54) is 0 Å². The van der Waals surface area contributed by atoms with Crippen molar-refractivity contribution in [3.63, 3.8) is 0 Å². The predicted octanol–water partition coefficient (Wildman–Crippen LogP) is 1.81. The Labute approximate surface area is 121 Å². The quantitative estimate of drug-likeness (QED) is 0.823. The van der Waals surface area contributed by atoms with Gasteiger partial charge in [0.25, 0.3) is 0 Å². The highest BCUT2D eigenvalue weighted by molar-refractivity contribution is 7.80. The first-order valence-corrected chi connectivity index (χ1v) is 6.49. The molecule has 1 aliphatic heterocycles. The summed E-state index contributed by atoms with van der Waals surface area (Å²) in [6, 6.07) is 13.0. The number of anilines is 3. The number of rotatable bonds is 2. The molecule has 2 heterocycles. The zero-order valence-corrected chi connectivity index (χ0v) is 11.4. The minimum absolute atomic E-state index is 0.0776. The summed E-state index contributed by atoms with van der Waals surface area (Å²) in [5.74, 6) is 0.573. The minimum Gasteiger partial charge on any atom is -0.388 e. The summed E-state index contributed by atoms with van der Waals surface area (Å²) in [6.07, 6.45) is 0. The molecule has 0 bridgehead atoms. The van der Waals surface area contributed by atoms with Crippen LogP contribution in [0.5, 0.6) is 0 Å². The second-order valence-electron chi connectivity index (χ2n) is 4.40. The fraction of sp³-hybridized carbons (Fsp3) is 0.0714. The van der Waals surface area contributed by atoms with Gasteiger partial charge in [-0.05, 0) is 24.3 Å². The van der Waals surface area contributed by atoms with Crippen molar-refractivity contribution in [3.05, 3.63) is 48.2 Å². The van der Waals surface area contributed by atoms with Gasteiger partial charge in [-0.2, -0.15) is 0 Å². The van der Waals surface area contributed by atoms with Crippen LogP contribution in [0.4, 0.5) is 17.2 Å². The number of aromatic nitrogens is 1. The minimum atomic E-state index is -0.0776. The molecule has 0 saturated carbocycles. The number of nitrogens with zero attached hydrogens (tertiary/aromatic N) is 2. The van der Waals surface area contributed by atoms with E-state index in [4.69, 9.17) is 18.0 Å². The van der Waals surface area contributed by atoms with Crippen molar-refractivity contribution in [2.45, 2.75) is 0 Å². The highest BCUT2D eigenvalue weighted by atomic mass is 32.1. The topological polar surface area (TPSA) is 71.2 Å². The molecule has 0 fully saturated rings. The van der Waals surface area contributed by atoms with E-state index in [2.05, 4.69) is 10.3 Å². The number of para-hydroxylation sites is 2. The third kappa shape index (κ3) is 2.21. The lowest BCUT2D eigenvalue weighted by atomic mass is 10.2. The Kier molecular flexibility index (Phi) is 3.08. The van der Waals surface area contributed by atoms with Gasteiger partial charge in [0, 0.05) is 0 Å². The van der Waals surface area contributed by atoms with Crippen molar-refractivity contribution in [2.24, 2.45) is 5.73 Å². The number of nitrogens with one attached hydrogen (secondary N) is 1. The highest BCUT2D eigenvalue weighted by Gasteiger charge is 2.23. The summed E-state index contributed by atoms with van der Waals surface area (Å²) in [7, 11) is 0. The smallest absolute Gasteiger partial charge is 0.244 e. The normalized spacial score (nSPS) is 13.6. The van der Waals surface area contributed by atoms with Crippen molar-refractivity contribution in [1.29, 1.82) is 0 Å². The van der Waals surface area contributed by atoms with Crippen LogP contribution in [0.3, 0.4) is 0 Å². The standard InChI is InChI=1S/C14H12N4OS/c15-14(20)10-5-3-7-12(16-10)18-8-13(19)17-9-4-1-2-6-11(9)18/h1-7H,8H2,(H2,15,20)(H,17,19). The molecule has 2 aromatic rings. The molecular weight excluding hydrogens is 272 g/mol. The van der Waals surface area contributed by atoms with Crippen LogP contribution in [0.15, 0.2) is 42.5 Å². The first-order chi connectivity index (χ1) is 9.65. The number of thiocarbonyl (C=S) groups is 1. The molecule has 0 radical (unpaired) electrons.